The van der Waals surface area contributed by atoms with Crippen LogP contribution in [-0.2, 0) is 11.6 Å². The Morgan fingerprint density at radius 1 is 1.14 bits per heavy atom. The molecular formula is C18H24F3N. The Morgan fingerprint density at radius 3 is 2.45 bits per heavy atom. The summed E-state index contributed by atoms with van der Waals surface area (Å²) in [5, 5.41) is 3.52. The van der Waals surface area contributed by atoms with Crippen molar-refractivity contribution in [3.63, 3.8) is 0 Å². The van der Waals surface area contributed by atoms with Crippen LogP contribution in [0.2, 0.25) is 0 Å². The van der Waals surface area contributed by atoms with Crippen molar-refractivity contribution < 1.29 is 13.2 Å². The van der Waals surface area contributed by atoms with Crippen molar-refractivity contribution in [1.29, 1.82) is 0 Å². The molecule has 1 N–H and O–H groups in total. The Morgan fingerprint density at radius 2 is 1.82 bits per heavy atom. The maximum Gasteiger partial charge on any atom is 0.416 e. The smallest absolute Gasteiger partial charge is 0.382 e. The third-order valence-electron chi connectivity index (χ3n) is 5.70. The van der Waals surface area contributed by atoms with Gasteiger partial charge < -0.3 is 5.32 Å². The standard InChI is InChI=1S/C18H24F3N/c1-16(2)8-7-12-15(10-16)22-14-6-5-11(18(19,20)21)9-13(14)17(12,3)4/h5-6,9,12,15,22H,7-8,10H2,1-4H3/t12-,15-/m0/s1. The van der Waals surface area contributed by atoms with Crippen molar-refractivity contribution in [2.75, 3.05) is 5.32 Å². The minimum atomic E-state index is -4.28. The number of alkyl halides is 3. The average Bonchev–Trinajstić information content (AvgIpc) is 2.35. The first kappa shape index (κ1) is 15.7. The van der Waals surface area contributed by atoms with E-state index in [0.717, 1.165) is 30.5 Å². The zero-order chi connectivity index (χ0) is 16.3. The molecule has 3 rings (SSSR count). The Hall–Kier alpha value is -1.19. The molecule has 0 saturated heterocycles. The van der Waals surface area contributed by atoms with Gasteiger partial charge in [0.25, 0.3) is 0 Å². The van der Waals surface area contributed by atoms with Gasteiger partial charge in [-0.15, -0.1) is 0 Å². The summed E-state index contributed by atoms with van der Waals surface area (Å²) in [6, 6.07) is 4.50. The van der Waals surface area contributed by atoms with Crippen LogP contribution >= 0.6 is 0 Å². The number of halogens is 3. The molecule has 22 heavy (non-hydrogen) atoms. The van der Waals surface area contributed by atoms with Crippen LogP contribution in [0.4, 0.5) is 18.9 Å². The molecule has 2 atom stereocenters. The SMILES string of the molecule is CC1(C)CC[C@H]2[C@H](C1)Nc1ccc(C(F)(F)F)cc1C2(C)C. The van der Waals surface area contributed by atoms with Crippen molar-refractivity contribution in [2.24, 2.45) is 11.3 Å². The predicted octanol–water partition coefficient (Wildman–Crippen LogP) is 5.60. The monoisotopic (exact) mass is 311 g/mol. The Balaban J connectivity index is 2.03. The molecule has 2 aliphatic rings. The third-order valence-corrected chi connectivity index (χ3v) is 5.70. The lowest BCUT2D eigenvalue weighted by Gasteiger charge is -2.52. The summed E-state index contributed by atoms with van der Waals surface area (Å²) < 4.78 is 39.1. The van der Waals surface area contributed by atoms with E-state index in [9.17, 15) is 13.2 Å². The van der Waals surface area contributed by atoms with Gasteiger partial charge in [0.05, 0.1) is 5.56 Å². The van der Waals surface area contributed by atoms with Gasteiger partial charge in [-0.05, 0) is 59.8 Å². The van der Waals surface area contributed by atoms with E-state index < -0.39 is 11.7 Å². The first-order valence-corrected chi connectivity index (χ1v) is 7.99. The normalized spacial score (nSPS) is 29.2. The Labute approximate surface area is 130 Å². The number of benzene rings is 1. The van der Waals surface area contributed by atoms with Gasteiger partial charge >= 0.3 is 6.18 Å². The van der Waals surface area contributed by atoms with Gasteiger partial charge in [0, 0.05) is 11.7 Å². The summed E-state index contributed by atoms with van der Waals surface area (Å²) in [6.45, 7) is 8.76. The number of fused-ring (bicyclic) bond motifs is 2. The molecule has 1 aromatic carbocycles. The highest BCUT2D eigenvalue weighted by Crippen LogP contribution is 2.52. The molecule has 1 saturated carbocycles. The zero-order valence-electron chi connectivity index (χ0n) is 13.6. The first-order chi connectivity index (χ1) is 10.0. The van der Waals surface area contributed by atoms with Gasteiger partial charge in [-0.2, -0.15) is 13.2 Å². The minimum Gasteiger partial charge on any atom is -0.382 e. The largest absolute Gasteiger partial charge is 0.416 e. The van der Waals surface area contributed by atoms with Crippen LogP contribution in [-0.4, -0.2) is 6.04 Å². The Bertz CT molecular complexity index is 586. The molecule has 0 spiro atoms. The van der Waals surface area contributed by atoms with Gasteiger partial charge in [-0.3, -0.25) is 0 Å². The fraction of sp³-hybridized carbons (Fsp3) is 0.667. The molecule has 1 aliphatic heterocycles. The molecule has 1 aromatic rings. The molecule has 122 valence electrons. The molecule has 1 heterocycles. The maximum absolute atomic E-state index is 13.0. The summed E-state index contributed by atoms with van der Waals surface area (Å²) in [5.41, 5.74) is 1.20. The number of hydrogen-bond acceptors (Lipinski definition) is 1. The van der Waals surface area contributed by atoms with E-state index in [1.165, 1.54) is 12.1 Å². The van der Waals surface area contributed by atoms with Crippen LogP contribution in [0.15, 0.2) is 18.2 Å². The summed E-state index contributed by atoms with van der Waals surface area (Å²) in [5.74, 6) is 0.386. The highest BCUT2D eigenvalue weighted by Gasteiger charge is 2.47. The van der Waals surface area contributed by atoms with Crippen LogP contribution in [0.5, 0.6) is 0 Å². The van der Waals surface area contributed by atoms with E-state index in [4.69, 9.17) is 0 Å². The molecule has 0 unspecified atom stereocenters. The van der Waals surface area contributed by atoms with Crippen LogP contribution in [0, 0.1) is 11.3 Å². The summed E-state index contributed by atoms with van der Waals surface area (Å²) in [6.07, 6.45) is -1.01. The lowest BCUT2D eigenvalue weighted by Crippen LogP contribution is -2.50. The molecule has 0 amide bonds. The second-order valence-electron chi connectivity index (χ2n) is 8.24. The average molecular weight is 311 g/mol. The molecule has 1 fully saturated rings. The lowest BCUT2D eigenvalue weighted by molar-refractivity contribution is -0.137. The Kier molecular flexibility index (Phi) is 3.32. The minimum absolute atomic E-state index is 0.233. The summed E-state index contributed by atoms with van der Waals surface area (Å²) in [4.78, 5) is 0. The zero-order valence-corrected chi connectivity index (χ0v) is 13.6. The van der Waals surface area contributed by atoms with Gasteiger partial charge in [-0.25, -0.2) is 0 Å². The molecule has 4 heteroatoms. The highest BCUT2D eigenvalue weighted by molar-refractivity contribution is 5.60. The molecule has 0 aromatic heterocycles. The summed E-state index contributed by atoms with van der Waals surface area (Å²) in [7, 11) is 0. The molecular weight excluding hydrogens is 287 g/mol. The van der Waals surface area contributed by atoms with Crippen molar-refractivity contribution in [3.8, 4) is 0 Å². The molecule has 1 nitrogen and oxygen atoms in total. The van der Waals surface area contributed by atoms with Crippen LogP contribution in [0.1, 0.15) is 58.1 Å². The van der Waals surface area contributed by atoms with Crippen molar-refractivity contribution in [1.82, 2.24) is 0 Å². The quantitative estimate of drug-likeness (QED) is 0.657. The fourth-order valence-electron chi connectivity index (χ4n) is 4.38. The lowest BCUT2D eigenvalue weighted by atomic mass is 9.58. The maximum atomic E-state index is 13.0. The number of nitrogens with one attached hydrogen (secondary N) is 1. The third kappa shape index (κ3) is 2.50. The van der Waals surface area contributed by atoms with E-state index in [-0.39, 0.29) is 5.41 Å². The van der Waals surface area contributed by atoms with Crippen molar-refractivity contribution in [2.45, 2.75) is 64.6 Å². The van der Waals surface area contributed by atoms with E-state index in [1.807, 2.05) is 0 Å². The van der Waals surface area contributed by atoms with Crippen molar-refractivity contribution >= 4 is 5.69 Å². The van der Waals surface area contributed by atoms with E-state index in [1.54, 1.807) is 6.07 Å². The second kappa shape index (κ2) is 4.65. The number of rotatable bonds is 0. The molecule has 1 aliphatic carbocycles. The van der Waals surface area contributed by atoms with E-state index in [0.29, 0.717) is 17.4 Å². The van der Waals surface area contributed by atoms with Crippen LogP contribution in [0.3, 0.4) is 0 Å². The van der Waals surface area contributed by atoms with E-state index in [2.05, 4.69) is 33.0 Å². The molecule has 0 radical (unpaired) electrons. The van der Waals surface area contributed by atoms with Crippen LogP contribution in [0.25, 0.3) is 0 Å². The van der Waals surface area contributed by atoms with Gasteiger partial charge in [-0.1, -0.05) is 27.7 Å². The van der Waals surface area contributed by atoms with E-state index >= 15 is 0 Å². The van der Waals surface area contributed by atoms with Gasteiger partial charge in [0.2, 0.25) is 0 Å². The first-order valence-electron chi connectivity index (χ1n) is 7.99. The highest BCUT2D eigenvalue weighted by atomic mass is 19.4. The fourth-order valence-corrected chi connectivity index (χ4v) is 4.38. The van der Waals surface area contributed by atoms with Gasteiger partial charge in [0.15, 0.2) is 0 Å². The summed E-state index contributed by atoms with van der Waals surface area (Å²) >= 11 is 0. The predicted molar refractivity (Wildman–Crippen MR) is 83.0 cm³/mol. The van der Waals surface area contributed by atoms with Crippen molar-refractivity contribution in [3.05, 3.63) is 29.3 Å². The number of anilines is 1. The topological polar surface area (TPSA) is 12.0 Å². The van der Waals surface area contributed by atoms with Crippen LogP contribution < -0.4 is 5.32 Å². The van der Waals surface area contributed by atoms with Gasteiger partial charge in [0.1, 0.15) is 0 Å². The second-order valence-corrected chi connectivity index (χ2v) is 8.24. The molecule has 0 bridgehead atoms. The number of hydrogen-bond donors (Lipinski definition) is 1.